The molecule has 6 rings (SSSR count). The number of ether oxygens (including phenoxy) is 4. The van der Waals surface area contributed by atoms with Crippen molar-refractivity contribution in [3.63, 3.8) is 0 Å². The van der Waals surface area contributed by atoms with Gasteiger partial charge in [-0.2, -0.15) is 0 Å². The topological polar surface area (TPSA) is 94.8 Å². The highest BCUT2D eigenvalue weighted by atomic mass is 16.5. The molecule has 0 N–H and O–H groups in total. The molecule has 1 atom stereocenters. The van der Waals surface area contributed by atoms with Gasteiger partial charge in [-0.3, -0.25) is 14.6 Å². The van der Waals surface area contributed by atoms with E-state index in [4.69, 9.17) is 25.5 Å². The number of benzene rings is 4. The van der Waals surface area contributed by atoms with Crippen molar-refractivity contribution in [2.75, 3.05) is 32.8 Å². The average molecular weight is 669 g/mol. The number of carbonyl (C=O) groups is 2. The molecule has 1 aliphatic heterocycles. The molecule has 0 spiro atoms. The number of hydrogen-bond acceptors (Lipinski definition) is 7. The number of aromatic nitrogens is 1. The molecule has 1 fully saturated rings. The van der Waals surface area contributed by atoms with Crippen molar-refractivity contribution in [3.8, 4) is 28.7 Å². The van der Waals surface area contributed by atoms with Crippen LogP contribution in [0.4, 0.5) is 11.4 Å². The van der Waals surface area contributed by atoms with Crippen LogP contribution in [0.1, 0.15) is 39.5 Å². The van der Waals surface area contributed by atoms with E-state index in [1.165, 1.54) is 0 Å². The number of hydrogen-bond donors (Lipinski definition) is 0. The van der Waals surface area contributed by atoms with Crippen LogP contribution in [-0.4, -0.2) is 49.6 Å². The van der Waals surface area contributed by atoms with Gasteiger partial charge in [-0.25, -0.2) is 4.85 Å². The molecule has 2 heterocycles. The van der Waals surface area contributed by atoms with Crippen molar-refractivity contribution < 1.29 is 28.5 Å². The van der Waals surface area contributed by atoms with Crippen LogP contribution in [0, 0.1) is 6.57 Å². The van der Waals surface area contributed by atoms with Crippen LogP contribution >= 0.6 is 0 Å². The van der Waals surface area contributed by atoms with Crippen LogP contribution in [0.25, 0.3) is 4.85 Å². The average Bonchev–Trinajstić information content (AvgIpc) is 3.56. The normalized spacial score (nSPS) is 13.8. The molecule has 4 aromatic carbocycles. The van der Waals surface area contributed by atoms with E-state index in [1.54, 1.807) is 73.7 Å². The fourth-order valence-electron chi connectivity index (χ4n) is 5.93. The zero-order valence-corrected chi connectivity index (χ0v) is 28.0. The van der Waals surface area contributed by atoms with Gasteiger partial charge in [0.15, 0.2) is 11.5 Å². The Kier molecular flexibility index (Phi) is 10.2. The van der Waals surface area contributed by atoms with Gasteiger partial charge >= 0.3 is 0 Å². The lowest BCUT2D eigenvalue weighted by atomic mass is 9.98. The number of carbonyl (C=O) groups excluding carboxylic acids is 2. The summed E-state index contributed by atoms with van der Waals surface area (Å²) >= 11 is 0. The number of rotatable bonds is 12. The molecule has 10 heteroatoms. The minimum atomic E-state index is -0.265. The molecule has 0 bridgehead atoms. The molecule has 50 heavy (non-hydrogen) atoms. The van der Waals surface area contributed by atoms with E-state index in [0.29, 0.717) is 48.3 Å². The summed E-state index contributed by atoms with van der Waals surface area (Å²) in [5.41, 5.74) is 3.98. The van der Waals surface area contributed by atoms with Crippen molar-refractivity contribution in [3.05, 3.63) is 143 Å². The standard InChI is InChI=1S/C40H36N4O6/c1-41-34-7-5-6-8-36(34)50-38-21-29(13-18-37(38)49-4)30-22-39(45)44(26-30)31-19-20-42-35(23-31)40(46)43(24-27-9-14-32(47-2)15-10-27)25-28-11-16-33(48-3)17-12-28/h5-21,23,30H,22,24-26H2,2-4H3/t30-/m0/s1. The van der Waals surface area contributed by atoms with Crippen molar-refractivity contribution in [1.82, 2.24) is 9.88 Å². The molecule has 0 radical (unpaired) electrons. The van der Waals surface area contributed by atoms with Gasteiger partial charge in [0, 0.05) is 43.9 Å². The van der Waals surface area contributed by atoms with Gasteiger partial charge in [-0.15, -0.1) is 0 Å². The van der Waals surface area contributed by atoms with E-state index >= 15 is 0 Å². The van der Waals surface area contributed by atoms with Crippen LogP contribution < -0.4 is 23.8 Å². The van der Waals surface area contributed by atoms with E-state index in [1.807, 2.05) is 66.7 Å². The smallest absolute Gasteiger partial charge is 0.273 e. The maximum Gasteiger partial charge on any atom is 0.273 e. The lowest BCUT2D eigenvalue weighted by Gasteiger charge is -2.24. The van der Waals surface area contributed by atoms with Gasteiger partial charge in [-0.1, -0.05) is 48.5 Å². The highest BCUT2D eigenvalue weighted by molar-refractivity contribution is 5.98. The van der Waals surface area contributed by atoms with Crippen molar-refractivity contribution in [2.45, 2.75) is 25.4 Å². The molecular weight excluding hydrogens is 632 g/mol. The lowest BCUT2D eigenvalue weighted by Crippen LogP contribution is -2.31. The summed E-state index contributed by atoms with van der Waals surface area (Å²) < 4.78 is 22.3. The maximum absolute atomic E-state index is 14.1. The second-order valence-corrected chi connectivity index (χ2v) is 11.8. The zero-order chi connectivity index (χ0) is 35.0. The Morgan fingerprint density at radius 2 is 1.48 bits per heavy atom. The largest absolute Gasteiger partial charge is 0.497 e. The Morgan fingerprint density at radius 1 is 0.820 bits per heavy atom. The zero-order valence-electron chi connectivity index (χ0n) is 28.0. The van der Waals surface area contributed by atoms with E-state index < -0.39 is 0 Å². The predicted octanol–water partition coefficient (Wildman–Crippen LogP) is 7.81. The van der Waals surface area contributed by atoms with Gasteiger partial charge < -0.3 is 28.7 Å². The monoisotopic (exact) mass is 668 g/mol. The van der Waals surface area contributed by atoms with Gasteiger partial charge in [0.1, 0.15) is 22.9 Å². The second-order valence-electron chi connectivity index (χ2n) is 11.8. The van der Waals surface area contributed by atoms with Crippen molar-refractivity contribution >= 4 is 23.2 Å². The third-order valence-corrected chi connectivity index (χ3v) is 8.62. The second kappa shape index (κ2) is 15.3. The first-order chi connectivity index (χ1) is 24.4. The molecule has 1 aliphatic rings. The predicted molar refractivity (Wildman–Crippen MR) is 189 cm³/mol. The summed E-state index contributed by atoms with van der Waals surface area (Å²) in [5, 5.41) is 0. The summed E-state index contributed by atoms with van der Waals surface area (Å²) in [5.74, 6) is 2.38. The highest BCUT2D eigenvalue weighted by Crippen LogP contribution is 2.40. The van der Waals surface area contributed by atoms with Gasteiger partial charge in [0.2, 0.25) is 11.6 Å². The minimum Gasteiger partial charge on any atom is -0.497 e. The molecule has 1 aromatic heterocycles. The molecule has 5 aromatic rings. The van der Waals surface area contributed by atoms with Crippen molar-refractivity contribution in [1.29, 1.82) is 0 Å². The molecule has 0 saturated carbocycles. The maximum atomic E-state index is 14.1. The summed E-state index contributed by atoms with van der Waals surface area (Å²) in [6.45, 7) is 8.57. The summed E-state index contributed by atoms with van der Waals surface area (Å²) in [6, 6.07) is 31.2. The number of amides is 2. The first-order valence-electron chi connectivity index (χ1n) is 16.0. The SMILES string of the molecule is [C-]#[N+]c1ccccc1Oc1cc([C@H]2CC(=O)N(c3ccnc(C(=O)N(Cc4ccc(OC)cc4)Cc4ccc(OC)cc4)c3)C2)ccc1OC. The molecule has 10 nitrogen and oxygen atoms in total. The number of para-hydroxylation sites is 2. The fourth-order valence-corrected chi connectivity index (χ4v) is 5.93. The lowest BCUT2D eigenvalue weighted by molar-refractivity contribution is -0.117. The third-order valence-electron chi connectivity index (χ3n) is 8.62. The van der Waals surface area contributed by atoms with Gasteiger partial charge in [0.05, 0.1) is 27.9 Å². The first-order valence-corrected chi connectivity index (χ1v) is 16.0. The van der Waals surface area contributed by atoms with Crippen LogP contribution in [0.2, 0.25) is 0 Å². The molecular formula is C40H36N4O6. The van der Waals surface area contributed by atoms with Crippen LogP contribution in [0.3, 0.4) is 0 Å². The number of nitrogens with zero attached hydrogens (tertiary/aromatic N) is 4. The van der Waals surface area contributed by atoms with Gasteiger partial charge in [0.25, 0.3) is 5.91 Å². The van der Waals surface area contributed by atoms with Crippen LogP contribution in [-0.2, 0) is 17.9 Å². The van der Waals surface area contributed by atoms with E-state index in [2.05, 4.69) is 9.83 Å². The molecule has 0 unspecified atom stereocenters. The minimum absolute atomic E-state index is 0.0652. The van der Waals surface area contributed by atoms with Crippen LogP contribution in [0.15, 0.2) is 109 Å². The number of methoxy groups -OCH3 is 3. The Bertz CT molecular complexity index is 1970. The van der Waals surface area contributed by atoms with Gasteiger partial charge in [-0.05, 0) is 71.3 Å². The van der Waals surface area contributed by atoms with Crippen LogP contribution in [0.5, 0.6) is 28.7 Å². The van der Waals surface area contributed by atoms with Crippen molar-refractivity contribution in [2.24, 2.45) is 0 Å². The Hall–Kier alpha value is -6.34. The first kappa shape index (κ1) is 33.6. The molecule has 2 amide bonds. The Balaban J connectivity index is 1.23. The highest BCUT2D eigenvalue weighted by Gasteiger charge is 2.33. The number of pyridine rings is 1. The third kappa shape index (κ3) is 7.53. The van der Waals surface area contributed by atoms with E-state index in [0.717, 1.165) is 28.2 Å². The number of anilines is 1. The van der Waals surface area contributed by atoms with E-state index in [-0.39, 0.29) is 29.8 Å². The Morgan fingerprint density at radius 3 is 2.10 bits per heavy atom. The summed E-state index contributed by atoms with van der Waals surface area (Å²) in [7, 11) is 4.78. The molecule has 0 aliphatic carbocycles. The quantitative estimate of drug-likeness (QED) is 0.125. The fraction of sp³-hybridized carbons (Fsp3) is 0.200. The summed E-state index contributed by atoms with van der Waals surface area (Å²) in [4.78, 5) is 39.0. The Labute approximate surface area is 291 Å². The summed E-state index contributed by atoms with van der Waals surface area (Å²) in [6.07, 6.45) is 1.84. The molecule has 1 saturated heterocycles. The van der Waals surface area contributed by atoms with E-state index in [9.17, 15) is 9.59 Å². The molecule has 252 valence electrons.